The number of rotatable bonds is 13. The summed E-state index contributed by atoms with van der Waals surface area (Å²) in [5, 5.41) is 10.2. The number of aryl methyl sites for hydroxylation is 2. The molecule has 42 heavy (non-hydrogen) atoms. The van der Waals surface area contributed by atoms with Crippen LogP contribution in [-0.4, -0.2) is 11.1 Å². The lowest BCUT2D eigenvalue weighted by Crippen LogP contribution is -2.15. The van der Waals surface area contributed by atoms with Crippen LogP contribution in [0, 0.1) is 31.6 Å². The van der Waals surface area contributed by atoms with E-state index in [9.17, 15) is 9.90 Å². The highest BCUT2D eigenvalue weighted by atomic mass is 16.4. The Morgan fingerprint density at radius 2 is 0.976 bits per heavy atom. The largest absolute Gasteiger partial charge is 0.481 e. The third-order valence-corrected chi connectivity index (χ3v) is 9.26. The number of hydrogen-bond donors (Lipinski definition) is 1. The average Bonchev–Trinajstić information content (AvgIpc) is 3.30. The first-order chi connectivity index (χ1) is 19.9. The molecule has 0 bridgehead atoms. The van der Waals surface area contributed by atoms with E-state index in [0.717, 1.165) is 25.7 Å². The van der Waals surface area contributed by atoms with Crippen molar-refractivity contribution in [1.29, 1.82) is 0 Å². The van der Waals surface area contributed by atoms with Crippen LogP contribution in [0.2, 0.25) is 0 Å². The van der Waals surface area contributed by atoms with Crippen LogP contribution in [0.25, 0.3) is 22.3 Å². The summed E-state index contributed by atoms with van der Waals surface area (Å²) in [7, 11) is 0. The van der Waals surface area contributed by atoms with Gasteiger partial charge in [-0.05, 0) is 132 Å². The van der Waals surface area contributed by atoms with E-state index in [-0.39, 0.29) is 5.92 Å². The molecule has 0 aliphatic heterocycles. The molecule has 0 fully saturated rings. The topological polar surface area (TPSA) is 37.3 Å². The molecule has 2 nitrogen and oxygen atoms in total. The van der Waals surface area contributed by atoms with Gasteiger partial charge >= 0.3 is 5.97 Å². The molecular weight excluding hydrogens is 512 g/mol. The van der Waals surface area contributed by atoms with Crippen molar-refractivity contribution in [1.82, 2.24) is 0 Å². The van der Waals surface area contributed by atoms with Crippen molar-refractivity contribution in [2.45, 2.75) is 106 Å². The number of hydrogen-bond acceptors (Lipinski definition) is 1. The van der Waals surface area contributed by atoms with Crippen LogP contribution in [0.1, 0.15) is 112 Å². The molecule has 4 aliphatic carbocycles. The van der Waals surface area contributed by atoms with E-state index < -0.39 is 5.97 Å². The van der Waals surface area contributed by atoms with E-state index in [4.69, 9.17) is 0 Å². The van der Waals surface area contributed by atoms with E-state index in [2.05, 4.69) is 116 Å². The Hall–Kier alpha value is -3.13. The molecule has 4 rings (SSSR count). The van der Waals surface area contributed by atoms with Crippen LogP contribution in [-0.2, 0) is 17.6 Å². The molecular formula is C40H52O2. The van der Waals surface area contributed by atoms with Gasteiger partial charge < -0.3 is 5.11 Å². The molecule has 0 saturated heterocycles. The van der Waals surface area contributed by atoms with Crippen molar-refractivity contribution in [2.75, 3.05) is 0 Å². The molecule has 0 aromatic heterocycles. The third kappa shape index (κ3) is 7.63. The van der Waals surface area contributed by atoms with Gasteiger partial charge in [0.1, 0.15) is 0 Å². The van der Waals surface area contributed by atoms with Gasteiger partial charge in [0.25, 0.3) is 0 Å². The fraction of sp³-hybridized carbons (Fsp3) is 0.475. The van der Waals surface area contributed by atoms with Gasteiger partial charge in [-0.3, -0.25) is 4.79 Å². The first kappa shape index (κ1) is 31.8. The second-order valence-corrected chi connectivity index (χ2v) is 13.9. The molecule has 2 atom stereocenters. The van der Waals surface area contributed by atoms with Gasteiger partial charge in [0, 0.05) is 0 Å². The zero-order chi connectivity index (χ0) is 30.6. The summed E-state index contributed by atoms with van der Waals surface area (Å²) in [6.07, 6.45) is 5.29. The van der Waals surface area contributed by atoms with Gasteiger partial charge in [-0.15, -0.1) is 0 Å². The highest BCUT2D eigenvalue weighted by molar-refractivity contribution is 5.75. The fourth-order valence-corrected chi connectivity index (χ4v) is 6.79. The van der Waals surface area contributed by atoms with E-state index in [1.165, 1.54) is 55.6 Å². The first-order valence-corrected chi connectivity index (χ1v) is 16.2. The van der Waals surface area contributed by atoms with E-state index in [1.54, 1.807) is 0 Å². The first-order valence-electron chi connectivity index (χ1n) is 16.2. The van der Waals surface area contributed by atoms with Crippen molar-refractivity contribution >= 4 is 5.97 Å². The summed E-state index contributed by atoms with van der Waals surface area (Å²) in [4.78, 5) is 12.4. The normalized spacial score (nSPS) is 14.1. The minimum absolute atomic E-state index is 0.298. The maximum absolute atomic E-state index is 12.4. The molecule has 1 N–H and O–H groups in total. The van der Waals surface area contributed by atoms with Crippen molar-refractivity contribution in [3.63, 3.8) is 0 Å². The van der Waals surface area contributed by atoms with Gasteiger partial charge in [0.15, 0.2) is 0 Å². The lowest BCUT2D eigenvalue weighted by atomic mass is 9.85. The second-order valence-electron chi connectivity index (χ2n) is 13.9. The Bertz CT molecular complexity index is 1330. The Kier molecular flexibility index (Phi) is 10.5. The molecule has 0 radical (unpaired) electrons. The fourth-order valence-electron chi connectivity index (χ4n) is 6.79. The molecule has 0 aromatic carbocycles. The van der Waals surface area contributed by atoms with Gasteiger partial charge in [0.05, 0.1) is 5.92 Å². The van der Waals surface area contributed by atoms with Crippen molar-refractivity contribution in [3.05, 3.63) is 94.0 Å². The van der Waals surface area contributed by atoms with Crippen LogP contribution < -0.4 is 0 Å². The smallest absolute Gasteiger partial charge is 0.306 e. The number of carbonyl (C=O) groups is 1. The Morgan fingerprint density at radius 3 is 1.33 bits per heavy atom. The van der Waals surface area contributed by atoms with Crippen LogP contribution in [0.5, 0.6) is 0 Å². The minimum Gasteiger partial charge on any atom is -0.481 e. The predicted molar refractivity (Wildman–Crippen MR) is 179 cm³/mol. The molecule has 2 unspecified atom stereocenters. The van der Waals surface area contributed by atoms with E-state index in [0.29, 0.717) is 36.5 Å². The van der Waals surface area contributed by atoms with Crippen molar-refractivity contribution in [3.8, 4) is 22.3 Å². The summed E-state index contributed by atoms with van der Waals surface area (Å²) in [6, 6.07) is 22.9. The minimum atomic E-state index is -0.659. The van der Waals surface area contributed by atoms with Crippen LogP contribution in [0.4, 0.5) is 0 Å². The molecule has 0 amide bonds. The summed E-state index contributed by atoms with van der Waals surface area (Å²) < 4.78 is 0. The standard InChI is InChI=1S/C40H52O2/c1-25(2)21-31-13-19-34(36-17-11-29(7)38(36)23-31)27(5)9-15-33(40(41)42)16-10-28(6)35-20-14-32(22-26(3)4)24-39-30(8)12-18-37(35)39/h11-14,17-20,23-28,33H,9-10,15-16,21-22H2,1-8H3,(H,41,42). The van der Waals surface area contributed by atoms with Crippen LogP contribution in [0.15, 0.2) is 60.7 Å². The van der Waals surface area contributed by atoms with Crippen LogP contribution >= 0.6 is 0 Å². The summed E-state index contributed by atoms with van der Waals surface area (Å²) in [6.45, 7) is 18.0. The highest BCUT2D eigenvalue weighted by Gasteiger charge is 2.23. The van der Waals surface area contributed by atoms with Gasteiger partial charge in [-0.2, -0.15) is 0 Å². The predicted octanol–water partition coefficient (Wildman–Crippen LogP) is 11.1. The number of carboxylic acids is 1. The summed E-state index contributed by atoms with van der Waals surface area (Å²) >= 11 is 0. The maximum atomic E-state index is 12.4. The molecule has 2 heteroatoms. The third-order valence-electron chi connectivity index (χ3n) is 9.26. The highest BCUT2D eigenvalue weighted by Crippen LogP contribution is 2.39. The lowest BCUT2D eigenvalue weighted by molar-refractivity contribution is -0.142. The SMILES string of the molecule is Cc1ccc2c(C(C)CCC(CCC(C)c3ccc(CC(C)C)cc4c(C)ccc3-4)C(=O)O)ccc(CC(C)C)cc1-2. The zero-order valence-electron chi connectivity index (χ0n) is 27.3. The van der Waals surface area contributed by atoms with E-state index in [1.807, 2.05) is 0 Å². The number of carboxylic acid groups (broad SMARTS) is 1. The maximum Gasteiger partial charge on any atom is 0.306 e. The Balaban J connectivity index is 1.47. The van der Waals surface area contributed by atoms with Gasteiger partial charge in [0.2, 0.25) is 0 Å². The molecule has 0 saturated carbocycles. The Morgan fingerprint density at radius 1 is 0.571 bits per heavy atom. The number of fused-ring (bicyclic) bond motifs is 2. The zero-order valence-corrected chi connectivity index (χ0v) is 27.3. The van der Waals surface area contributed by atoms with Crippen molar-refractivity contribution < 1.29 is 9.90 Å². The van der Waals surface area contributed by atoms with Gasteiger partial charge in [-0.1, -0.05) is 102 Å². The van der Waals surface area contributed by atoms with Crippen molar-refractivity contribution in [2.24, 2.45) is 17.8 Å². The molecule has 0 spiro atoms. The quantitative estimate of drug-likeness (QED) is 0.175. The van der Waals surface area contributed by atoms with Gasteiger partial charge in [-0.25, -0.2) is 0 Å². The Labute approximate surface area is 255 Å². The summed E-state index contributed by atoms with van der Waals surface area (Å²) in [5.74, 6) is 0.828. The molecule has 4 aliphatic rings. The monoisotopic (exact) mass is 564 g/mol. The molecule has 0 aromatic rings. The van der Waals surface area contributed by atoms with Crippen LogP contribution in [0.3, 0.4) is 0 Å². The number of aliphatic carboxylic acids is 1. The molecule has 224 valence electrons. The second kappa shape index (κ2) is 13.9. The molecule has 0 heterocycles. The average molecular weight is 565 g/mol. The van der Waals surface area contributed by atoms with E-state index >= 15 is 0 Å². The lowest BCUT2D eigenvalue weighted by Gasteiger charge is -2.20. The summed E-state index contributed by atoms with van der Waals surface area (Å²) in [5.41, 5.74) is 13.4.